The summed E-state index contributed by atoms with van der Waals surface area (Å²) >= 11 is 0. The predicted molar refractivity (Wildman–Crippen MR) is 160 cm³/mol. The summed E-state index contributed by atoms with van der Waals surface area (Å²) < 4.78 is 13.3. The normalized spacial score (nSPS) is 11.8. The molecule has 0 radical (unpaired) electrons. The fourth-order valence-corrected chi connectivity index (χ4v) is 4.88. The Kier molecular flexibility index (Phi) is 8.76. The van der Waals surface area contributed by atoms with Crippen LogP contribution < -0.4 is 14.8 Å². The molecule has 0 bridgehead atoms. The zero-order valence-electron chi connectivity index (χ0n) is 23.0. The van der Waals surface area contributed by atoms with Gasteiger partial charge in [-0.1, -0.05) is 66.7 Å². The summed E-state index contributed by atoms with van der Waals surface area (Å²) in [6, 6.07) is 34.0. The van der Waals surface area contributed by atoms with Crippen molar-refractivity contribution in [3.05, 3.63) is 115 Å². The first kappa shape index (κ1) is 27.0. The highest BCUT2D eigenvalue weighted by Crippen LogP contribution is 2.23. The lowest BCUT2D eigenvalue weighted by Gasteiger charge is -2.17. The number of carbonyl (C=O) groups is 1. The second kappa shape index (κ2) is 13.0. The maximum atomic E-state index is 13.0. The van der Waals surface area contributed by atoms with Gasteiger partial charge in [-0.05, 0) is 72.9 Å². The van der Waals surface area contributed by atoms with Crippen molar-refractivity contribution in [1.82, 2.24) is 14.9 Å². The van der Waals surface area contributed by atoms with Crippen LogP contribution >= 0.6 is 0 Å². The number of ether oxygens (including phenoxy) is 2. The number of hydrogen-bond donors (Lipinski definition) is 1. The third-order valence-electron chi connectivity index (χ3n) is 6.98. The summed E-state index contributed by atoms with van der Waals surface area (Å²) in [5, 5.41) is 3.17. The van der Waals surface area contributed by atoms with Gasteiger partial charge in [-0.25, -0.2) is 4.98 Å². The molecule has 0 aliphatic heterocycles. The fraction of sp³-hybridized carbons (Fsp3) is 0.235. The third kappa shape index (κ3) is 6.70. The molecule has 5 rings (SSSR count). The average Bonchev–Trinajstić information content (AvgIpc) is 3.37. The Morgan fingerprint density at radius 2 is 1.50 bits per heavy atom. The Morgan fingerprint density at radius 3 is 2.25 bits per heavy atom. The molecule has 1 atom stereocenters. The summed E-state index contributed by atoms with van der Waals surface area (Å²) in [6.07, 6.45) is 2.15. The van der Waals surface area contributed by atoms with Crippen LogP contribution in [-0.4, -0.2) is 29.2 Å². The van der Waals surface area contributed by atoms with E-state index in [1.54, 1.807) is 7.11 Å². The Balaban J connectivity index is 1.18. The van der Waals surface area contributed by atoms with E-state index in [2.05, 4.69) is 40.2 Å². The van der Waals surface area contributed by atoms with Crippen molar-refractivity contribution in [3.8, 4) is 22.6 Å². The van der Waals surface area contributed by atoms with E-state index in [1.807, 2.05) is 79.7 Å². The molecule has 1 aromatic heterocycles. The van der Waals surface area contributed by atoms with Crippen LogP contribution in [0.1, 0.15) is 37.2 Å². The van der Waals surface area contributed by atoms with Crippen molar-refractivity contribution in [2.45, 2.75) is 38.8 Å². The van der Waals surface area contributed by atoms with Crippen molar-refractivity contribution >= 4 is 16.9 Å². The highest BCUT2D eigenvalue weighted by molar-refractivity contribution is 5.80. The summed E-state index contributed by atoms with van der Waals surface area (Å²) in [4.78, 5) is 17.9. The minimum absolute atomic E-state index is 0.0218. The van der Waals surface area contributed by atoms with Crippen molar-refractivity contribution in [1.29, 1.82) is 0 Å². The quantitative estimate of drug-likeness (QED) is 0.176. The molecule has 0 saturated carbocycles. The van der Waals surface area contributed by atoms with Gasteiger partial charge in [-0.15, -0.1) is 0 Å². The van der Waals surface area contributed by atoms with Gasteiger partial charge < -0.3 is 19.4 Å². The number of benzene rings is 4. The smallest absolute Gasteiger partial charge is 0.224 e. The zero-order valence-corrected chi connectivity index (χ0v) is 23.0. The predicted octanol–water partition coefficient (Wildman–Crippen LogP) is 6.99. The van der Waals surface area contributed by atoms with Gasteiger partial charge in [0.2, 0.25) is 5.91 Å². The zero-order chi connectivity index (χ0) is 27.7. The number of rotatable bonds is 12. The molecule has 1 amide bonds. The number of unbranched alkanes of at least 4 members (excludes halogenated alkanes) is 1. The molecule has 0 aliphatic carbocycles. The van der Waals surface area contributed by atoms with Crippen LogP contribution in [0.4, 0.5) is 0 Å². The van der Waals surface area contributed by atoms with E-state index in [0.717, 1.165) is 58.9 Å². The monoisotopic (exact) mass is 533 g/mol. The Labute approximate surface area is 235 Å². The standard InChI is InChI=1S/C34H35N3O3/c1-25(35-33(38)24-26-14-16-28(17-15-26)27-10-4-3-5-11-27)34-36-31-12-6-7-13-32(31)37(34)22-8-9-23-40-30-20-18-29(39-2)19-21-30/h3-7,10-21,25H,8-9,22-24H2,1-2H3,(H,35,38). The summed E-state index contributed by atoms with van der Waals surface area (Å²) in [5.74, 6) is 2.49. The number of amides is 1. The first-order valence-electron chi connectivity index (χ1n) is 13.8. The number of nitrogens with one attached hydrogen (secondary N) is 1. The van der Waals surface area contributed by atoms with Crippen molar-refractivity contribution < 1.29 is 14.3 Å². The number of fused-ring (bicyclic) bond motifs is 1. The molecule has 40 heavy (non-hydrogen) atoms. The molecule has 0 saturated heterocycles. The number of aryl methyl sites for hydroxylation is 1. The van der Waals surface area contributed by atoms with Crippen LogP contribution in [-0.2, 0) is 17.8 Å². The number of hydrogen-bond acceptors (Lipinski definition) is 4. The number of carbonyl (C=O) groups excluding carboxylic acids is 1. The van der Waals surface area contributed by atoms with Gasteiger partial charge in [0.15, 0.2) is 0 Å². The van der Waals surface area contributed by atoms with E-state index in [1.165, 1.54) is 5.56 Å². The average molecular weight is 534 g/mol. The summed E-state index contributed by atoms with van der Waals surface area (Å²) in [5.41, 5.74) is 5.30. The minimum Gasteiger partial charge on any atom is -0.497 e. The number of imidazole rings is 1. The lowest BCUT2D eigenvalue weighted by Crippen LogP contribution is -2.30. The van der Waals surface area contributed by atoms with Gasteiger partial charge in [-0.3, -0.25) is 4.79 Å². The van der Waals surface area contributed by atoms with E-state index in [9.17, 15) is 4.79 Å². The molecular formula is C34H35N3O3. The largest absolute Gasteiger partial charge is 0.497 e. The van der Waals surface area contributed by atoms with E-state index in [4.69, 9.17) is 14.5 Å². The van der Waals surface area contributed by atoms with Gasteiger partial charge in [0, 0.05) is 6.54 Å². The molecule has 0 spiro atoms. The van der Waals surface area contributed by atoms with Gasteiger partial charge in [0.05, 0.1) is 37.2 Å². The number of methoxy groups -OCH3 is 1. The molecule has 0 fully saturated rings. The minimum atomic E-state index is -0.223. The van der Waals surface area contributed by atoms with E-state index in [0.29, 0.717) is 13.0 Å². The molecule has 6 nitrogen and oxygen atoms in total. The maximum absolute atomic E-state index is 13.0. The topological polar surface area (TPSA) is 65.4 Å². The highest BCUT2D eigenvalue weighted by Gasteiger charge is 2.18. The van der Waals surface area contributed by atoms with Crippen LogP contribution in [0.2, 0.25) is 0 Å². The second-order valence-corrected chi connectivity index (χ2v) is 9.87. The molecule has 6 heteroatoms. The van der Waals surface area contributed by atoms with Gasteiger partial charge in [0.25, 0.3) is 0 Å². The Morgan fingerprint density at radius 1 is 0.825 bits per heavy atom. The van der Waals surface area contributed by atoms with Crippen LogP contribution in [0.15, 0.2) is 103 Å². The SMILES string of the molecule is COc1ccc(OCCCCn2c(C(C)NC(=O)Cc3ccc(-c4ccccc4)cc3)nc3ccccc32)cc1. The van der Waals surface area contributed by atoms with Crippen LogP contribution in [0.5, 0.6) is 11.5 Å². The van der Waals surface area contributed by atoms with Crippen molar-refractivity contribution in [2.75, 3.05) is 13.7 Å². The summed E-state index contributed by atoms with van der Waals surface area (Å²) in [7, 11) is 1.65. The number of para-hydroxylation sites is 2. The molecule has 1 N–H and O–H groups in total. The molecule has 1 heterocycles. The highest BCUT2D eigenvalue weighted by atomic mass is 16.5. The van der Waals surface area contributed by atoms with Crippen LogP contribution in [0, 0.1) is 0 Å². The van der Waals surface area contributed by atoms with Crippen LogP contribution in [0.25, 0.3) is 22.2 Å². The lowest BCUT2D eigenvalue weighted by molar-refractivity contribution is -0.121. The maximum Gasteiger partial charge on any atom is 0.224 e. The van der Waals surface area contributed by atoms with Gasteiger partial charge in [-0.2, -0.15) is 0 Å². The van der Waals surface area contributed by atoms with Gasteiger partial charge >= 0.3 is 0 Å². The molecule has 204 valence electrons. The molecule has 4 aromatic carbocycles. The van der Waals surface area contributed by atoms with E-state index in [-0.39, 0.29) is 11.9 Å². The number of nitrogens with zero attached hydrogens (tertiary/aromatic N) is 2. The second-order valence-electron chi connectivity index (χ2n) is 9.87. The number of aromatic nitrogens is 2. The van der Waals surface area contributed by atoms with Crippen molar-refractivity contribution in [2.24, 2.45) is 0 Å². The van der Waals surface area contributed by atoms with Crippen molar-refractivity contribution in [3.63, 3.8) is 0 Å². The molecule has 5 aromatic rings. The lowest BCUT2D eigenvalue weighted by atomic mass is 10.0. The first-order valence-corrected chi connectivity index (χ1v) is 13.8. The first-order chi connectivity index (χ1) is 19.6. The van der Waals surface area contributed by atoms with Crippen LogP contribution in [0.3, 0.4) is 0 Å². The van der Waals surface area contributed by atoms with E-state index < -0.39 is 0 Å². The van der Waals surface area contributed by atoms with E-state index >= 15 is 0 Å². The Hall–Kier alpha value is -4.58. The molecular weight excluding hydrogens is 498 g/mol. The fourth-order valence-electron chi connectivity index (χ4n) is 4.88. The third-order valence-corrected chi connectivity index (χ3v) is 6.98. The molecule has 1 unspecified atom stereocenters. The Bertz CT molecular complexity index is 1530. The summed E-state index contributed by atoms with van der Waals surface area (Å²) in [6.45, 7) is 3.42. The molecule has 0 aliphatic rings. The van der Waals surface area contributed by atoms with Gasteiger partial charge in [0.1, 0.15) is 17.3 Å².